The third kappa shape index (κ3) is 1.97. The van der Waals surface area contributed by atoms with Crippen molar-refractivity contribution in [2.75, 3.05) is 13.2 Å². The van der Waals surface area contributed by atoms with E-state index >= 15 is 0 Å². The molecule has 2 unspecified atom stereocenters. The number of rotatable bonds is 1. The molecule has 0 radical (unpaired) electrons. The Morgan fingerprint density at radius 3 is 2.79 bits per heavy atom. The quantitative estimate of drug-likeness (QED) is 0.733. The third-order valence-corrected chi connectivity index (χ3v) is 2.76. The number of aryl methyl sites for hydroxylation is 1. The van der Waals surface area contributed by atoms with E-state index in [4.69, 9.17) is 4.74 Å². The second-order valence-electron chi connectivity index (χ2n) is 3.96. The van der Waals surface area contributed by atoms with Crippen molar-refractivity contribution in [1.29, 1.82) is 0 Å². The molecule has 2 heteroatoms. The van der Waals surface area contributed by atoms with Gasteiger partial charge in [-0.3, -0.25) is 0 Å². The van der Waals surface area contributed by atoms with Crippen LogP contribution >= 0.6 is 0 Å². The minimum Gasteiger partial charge on any atom is -0.375 e. The summed E-state index contributed by atoms with van der Waals surface area (Å²) >= 11 is 0. The highest BCUT2D eigenvalue weighted by atomic mass is 16.5. The Bertz CT molecular complexity index is 303. The molecular formula is C12H17NO. The van der Waals surface area contributed by atoms with Crippen molar-refractivity contribution in [3.63, 3.8) is 0 Å². The van der Waals surface area contributed by atoms with Crippen LogP contribution in [0.4, 0.5) is 0 Å². The summed E-state index contributed by atoms with van der Waals surface area (Å²) in [7, 11) is 0. The summed E-state index contributed by atoms with van der Waals surface area (Å²) in [6.07, 6.45) is 0.343. The fourth-order valence-corrected chi connectivity index (χ4v) is 1.86. The first-order valence-corrected chi connectivity index (χ1v) is 5.18. The topological polar surface area (TPSA) is 21.3 Å². The molecule has 76 valence electrons. The van der Waals surface area contributed by atoms with Crippen molar-refractivity contribution in [2.24, 2.45) is 0 Å². The Labute approximate surface area is 85.3 Å². The van der Waals surface area contributed by atoms with E-state index in [0.717, 1.165) is 13.2 Å². The maximum atomic E-state index is 5.64. The highest BCUT2D eigenvalue weighted by Gasteiger charge is 2.19. The maximum Gasteiger partial charge on any atom is 0.0672 e. The minimum atomic E-state index is 0.343. The first-order chi connectivity index (χ1) is 6.77. The van der Waals surface area contributed by atoms with Crippen LogP contribution in [-0.2, 0) is 4.74 Å². The molecule has 0 aliphatic carbocycles. The lowest BCUT2D eigenvalue weighted by atomic mass is 10.0. The second-order valence-corrected chi connectivity index (χ2v) is 3.96. The summed E-state index contributed by atoms with van der Waals surface area (Å²) in [6, 6.07) is 8.85. The van der Waals surface area contributed by atoms with E-state index in [9.17, 15) is 0 Å². The molecule has 2 atom stereocenters. The third-order valence-electron chi connectivity index (χ3n) is 2.76. The van der Waals surface area contributed by atoms with Crippen LogP contribution < -0.4 is 5.32 Å². The molecule has 1 aromatic carbocycles. The average molecular weight is 191 g/mol. The maximum absolute atomic E-state index is 5.64. The Kier molecular flexibility index (Phi) is 2.85. The van der Waals surface area contributed by atoms with Crippen LogP contribution in [0.1, 0.15) is 24.1 Å². The van der Waals surface area contributed by atoms with Crippen LogP contribution in [0.3, 0.4) is 0 Å². The summed E-state index contributed by atoms with van der Waals surface area (Å²) < 4.78 is 5.64. The summed E-state index contributed by atoms with van der Waals surface area (Å²) in [5, 5.41) is 3.50. The zero-order valence-electron chi connectivity index (χ0n) is 8.79. The molecule has 1 saturated heterocycles. The number of hydrogen-bond donors (Lipinski definition) is 1. The minimum absolute atomic E-state index is 0.343. The molecule has 0 amide bonds. The first kappa shape index (κ1) is 9.69. The number of hydrogen-bond acceptors (Lipinski definition) is 2. The monoisotopic (exact) mass is 191 g/mol. The van der Waals surface area contributed by atoms with Crippen molar-refractivity contribution in [3.05, 3.63) is 35.4 Å². The van der Waals surface area contributed by atoms with Crippen LogP contribution in [0.15, 0.2) is 24.3 Å². The first-order valence-electron chi connectivity index (χ1n) is 5.18. The van der Waals surface area contributed by atoms with Gasteiger partial charge in [-0.25, -0.2) is 0 Å². The summed E-state index contributed by atoms with van der Waals surface area (Å²) in [5.74, 6) is 0. The van der Waals surface area contributed by atoms with Gasteiger partial charge in [0.2, 0.25) is 0 Å². The molecule has 0 spiro atoms. The van der Waals surface area contributed by atoms with Crippen molar-refractivity contribution < 1.29 is 4.74 Å². The standard InChI is InChI=1S/C12H17NO/c1-9-5-3-4-6-11(9)12-8-14-10(2)7-13-12/h3-6,10,12-13H,7-8H2,1-2H3. The van der Waals surface area contributed by atoms with E-state index in [1.54, 1.807) is 0 Å². The Balaban J connectivity index is 2.12. The Morgan fingerprint density at radius 1 is 1.36 bits per heavy atom. The number of morpholine rings is 1. The molecule has 0 saturated carbocycles. The molecule has 14 heavy (non-hydrogen) atoms. The van der Waals surface area contributed by atoms with E-state index in [-0.39, 0.29) is 0 Å². The fourth-order valence-electron chi connectivity index (χ4n) is 1.86. The summed E-state index contributed by atoms with van der Waals surface area (Å²) in [6.45, 7) is 5.97. The van der Waals surface area contributed by atoms with Crippen LogP contribution in [0, 0.1) is 6.92 Å². The number of ether oxygens (including phenoxy) is 1. The van der Waals surface area contributed by atoms with E-state index in [0.29, 0.717) is 12.1 Å². The van der Waals surface area contributed by atoms with Crippen LogP contribution in [0.2, 0.25) is 0 Å². The van der Waals surface area contributed by atoms with E-state index in [2.05, 4.69) is 43.4 Å². The van der Waals surface area contributed by atoms with Gasteiger partial charge in [0.15, 0.2) is 0 Å². The lowest BCUT2D eigenvalue weighted by Crippen LogP contribution is -2.39. The summed E-state index contributed by atoms with van der Waals surface area (Å²) in [4.78, 5) is 0. The summed E-state index contributed by atoms with van der Waals surface area (Å²) in [5.41, 5.74) is 2.70. The van der Waals surface area contributed by atoms with Gasteiger partial charge in [0.25, 0.3) is 0 Å². The lowest BCUT2D eigenvalue weighted by Gasteiger charge is -2.29. The highest BCUT2D eigenvalue weighted by Crippen LogP contribution is 2.20. The second kappa shape index (κ2) is 4.11. The largest absolute Gasteiger partial charge is 0.375 e. The van der Waals surface area contributed by atoms with Gasteiger partial charge in [0.05, 0.1) is 18.8 Å². The van der Waals surface area contributed by atoms with Crippen molar-refractivity contribution in [1.82, 2.24) is 5.32 Å². The van der Waals surface area contributed by atoms with Gasteiger partial charge in [0, 0.05) is 6.54 Å². The SMILES string of the molecule is Cc1ccccc1C1COC(C)CN1. The molecule has 1 N–H and O–H groups in total. The normalized spacial score (nSPS) is 27.6. The van der Waals surface area contributed by atoms with Crippen molar-refractivity contribution in [2.45, 2.75) is 26.0 Å². The molecule has 1 heterocycles. The number of nitrogens with one attached hydrogen (secondary N) is 1. The van der Waals surface area contributed by atoms with Gasteiger partial charge in [-0.05, 0) is 25.0 Å². The van der Waals surface area contributed by atoms with Gasteiger partial charge >= 0.3 is 0 Å². The molecule has 0 aromatic heterocycles. The molecular weight excluding hydrogens is 174 g/mol. The van der Waals surface area contributed by atoms with Gasteiger partial charge in [0.1, 0.15) is 0 Å². The van der Waals surface area contributed by atoms with Crippen molar-refractivity contribution >= 4 is 0 Å². The zero-order valence-corrected chi connectivity index (χ0v) is 8.79. The average Bonchev–Trinajstić information content (AvgIpc) is 2.20. The number of benzene rings is 1. The van der Waals surface area contributed by atoms with Crippen LogP contribution in [0.25, 0.3) is 0 Å². The predicted octanol–water partition coefficient (Wildman–Crippen LogP) is 2.04. The Hall–Kier alpha value is -0.860. The van der Waals surface area contributed by atoms with Crippen molar-refractivity contribution in [3.8, 4) is 0 Å². The van der Waals surface area contributed by atoms with Gasteiger partial charge in [-0.15, -0.1) is 0 Å². The predicted molar refractivity (Wildman–Crippen MR) is 57.3 cm³/mol. The highest BCUT2D eigenvalue weighted by molar-refractivity contribution is 5.29. The van der Waals surface area contributed by atoms with Gasteiger partial charge in [-0.2, -0.15) is 0 Å². The van der Waals surface area contributed by atoms with Gasteiger partial charge in [-0.1, -0.05) is 24.3 Å². The zero-order chi connectivity index (χ0) is 9.97. The van der Waals surface area contributed by atoms with Crippen LogP contribution in [-0.4, -0.2) is 19.3 Å². The van der Waals surface area contributed by atoms with E-state index in [1.807, 2.05) is 0 Å². The molecule has 0 bridgehead atoms. The molecule has 1 fully saturated rings. The molecule has 1 aliphatic rings. The molecule has 1 aromatic rings. The Morgan fingerprint density at radius 2 is 2.14 bits per heavy atom. The van der Waals surface area contributed by atoms with Crippen LogP contribution in [0.5, 0.6) is 0 Å². The van der Waals surface area contributed by atoms with Gasteiger partial charge < -0.3 is 10.1 Å². The lowest BCUT2D eigenvalue weighted by molar-refractivity contribution is 0.0148. The van der Waals surface area contributed by atoms with E-state index < -0.39 is 0 Å². The molecule has 2 rings (SSSR count). The van der Waals surface area contributed by atoms with E-state index in [1.165, 1.54) is 11.1 Å². The molecule has 1 aliphatic heterocycles. The fraction of sp³-hybridized carbons (Fsp3) is 0.500. The smallest absolute Gasteiger partial charge is 0.0672 e. The molecule has 2 nitrogen and oxygen atoms in total.